The van der Waals surface area contributed by atoms with Gasteiger partial charge in [0.05, 0.1) is 19.4 Å². The highest BCUT2D eigenvalue weighted by Crippen LogP contribution is 2.34. The molecule has 0 aromatic carbocycles. The van der Waals surface area contributed by atoms with Gasteiger partial charge in [0.25, 0.3) is 0 Å². The van der Waals surface area contributed by atoms with Crippen molar-refractivity contribution >= 4 is 22.8 Å². The second-order valence-electron chi connectivity index (χ2n) is 6.95. The van der Waals surface area contributed by atoms with Crippen molar-refractivity contribution in [2.75, 3.05) is 12.4 Å². The number of ether oxygens (including phenoxy) is 1. The average Bonchev–Trinajstić information content (AvgIpc) is 3.04. The van der Waals surface area contributed by atoms with Gasteiger partial charge in [0.15, 0.2) is 5.65 Å². The van der Waals surface area contributed by atoms with E-state index >= 15 is 0 Å². The Morgan fingerprint density at radius 2 is 2.18 bits per heavy atom. The molecule has 0 atom stereocenters. The molecule has 1 saturated carbocycles. The SMILES string of the molecule is COc1ncccc1Nc1ncc2[nH]c(=O)n([C@H]3CC[C@H](CC#N)CC3)c2n1. The highest BCUT2D eigenvalue weighted by molar-refractivity contribution is 5.72. The Bertz CT molecular complexity index is 1070. The van der Waals surface area contributed by atoms with Crippen molar-refractivity contribution in [1.29, 1.82) is 5.26 Å². The zero-order valence-electron chi connectivity index (χ0n) is 15.6. The second-order valence-corrected chi connectivity index (χ2v) is 6.95. The van der Waals surface area contributed by atoms with Crippen molar-refractivity contribution in [2.45, 2.75) is 38.1 Å². The fourth-order valence-electron chi connectivity index (χ4n) is 3.82. The van der Waals surface area contributed by atoms with Gasteiger partial charge in [0, 0.05) is 18.7 Å². The first-order valence-electron chi connectivity index (χ1n) is 9.30. The minimum Gasteiger partial charge on any atom is -0.480 e. The Morgan fingerprint density at radius 1 is 1.36 bits per heavy atom. The number of fused-ring (bicyclic) bond motifs is 1. The Labute approximate surface area is 161 Å². The van der Waals surface area contributed by atoms with Crippen LogP contribution in [0.2, 0.25) is 0 Å². The van der Waals surface area contributed by atoms with Gasteiger partial charge in [-0.05, 0) is 43.7 Å². The van der Waals surface area contributed by atoms with Crippen LogP contribution >= 0.6 is 0 Å². The molecular weight excluding hydrogens is 358 g/mol. The number of anilines is 2. The minimum absolute atomic E-state index is 0.0758. The third-order valence-electron chi connectivity index (χ3n) is 5.23. The van der Waals surface area contributed by atoms with Crippen LogP contribution in [0.5, 0.6) is 5.88 Å². The van der Waals surface area contributed by atoms with Gasteiger partial charge in [-0.3, -0.25) is 4.57 Å². The molecule has 9 heteroatoms. The van der Waals surface area contributed by atoms with E-state index in [2.05, 4.69) is 31.3 Å². The number of pyridine rings is 1. The summed E-state index contributed by atoms with van der Waals surface area (Å²) in [5.74, 6) is 1.23. The van der Waals surface area contributed by atoms with Crippen molar-refractivity contribution in [3.8, 4) is 11.9 Å². The standard InChI is InChI=1S/C19H21N7O2/c1-28-17-14(3-2-10-21-17)23-18-22-11-15-16(25-18)26(19(27)24-15)13-6-4-12(5-7-13)8-9-20/h2-3,10-13H,4-8H2,1H3,(H,24,27)(H,22,23,25)/t12-,13-. The van der Waals surface area contributed by atoms with Crippen molar-refractivity contribution in [3.05, 3.63) is 35.0 Å². The van der Waals surface area contributed by atoms with Crippen LogP contribution in [0.1, 0.15) is 38.1 Å². The topological polar surface area (TPSA) is 122 Å². The first-order valence-corrected chi connectivity index (χ1v) is 9.30. The molecule has 0 spiro atoms. The molecule has 0 amide bonds. The molecule has 0 bridgehead atoms. The molecule has 0 aliphatic heterocycles. The zero-order valence-corrected chi connectivity index (χ0v) is 15.6. The first kappa shape index (κ1) is 18.0. The molecule has 9 nitrogen and oxygen atoms in total. The Morgan fingerprint density at radius 3 is 2.93 bits per heavy atom. The van der Waals surface area contributed by atoms with E-state index in [0.717, 1.165) is 25.7 Å². The fraction of sp³-hybridized carbons (Fsp3) is 0.421. The number of hydrogen-bond donors (Lipinski definition) is 2. The van der Waals surface area contributed by atoms with E-state index in [1.807, 2.05) is 6.07 Å². The van der Waals surface area contributed by atoms with E-state index in [9.17, 15) is 4.79 Å². The molecule has 0 radical (unpaired) electrons. The molecule has 1 aliphatic rings. The number of nitriles is 1. The van der Waals surface area contributed by atoms with Crippen LogP contribution < -0.4 is 15.7 Å². The van der Waals surface area contributed by atoms with Gasteiger partial charge in [0.2, 0.25) is 11.8 Å². The lowest BCUT2D eigenvalue weighted by atomic mass is 9.84. The lowest BCUT2D eigenvalue weighted by Gasteiger charge is -2.27. The van der Waals surface area contributed by atoms with Crippen molar-refractivity contribution in [3.63, 3.8) is 0 Å². The van der Waals surface area contributed by atoms with Crippen molar-refractivity contribution in [1.82, 2.24) is 24.5 Å². The van der Waals surface area contributed by atoms with Crippen LogP contribution in [0.3, 0.4) is 0 Å². The molecule has 4 rings (SSSR count). The maximum atomic E-state index is 12.6. The molecule has 1 aliphatic carbocycles. The van der Waals surface area contributed by atoms with E-state index in [4.69, 9.17) is 10.00 Å². The van der Waals surface area contributed by atoms with Gasteiger partial charge in [-0.2, -0.15) is 10.2 Å². The van der Waals surface area contributed by atoms with E-state index < -0.39 is 0 Å². The summed E-state index contributed by atoms with van der Waals surface area (Å²) < 4.78 is 6.97. The highest BCUT2D eigenvalue weighted by atomic mass is 16.5. The maximum Gasteiger partial charge on any atom is 0.327 e. The predicted molar refractivity (Wildman–Crippen MR) is 103 cm³/mol. The lowest BCUT2D eigenvalue weighted by molar-refractivity contribution is 0.277. The Kier molecular flexibility index (Phi) is 4.93. The molecule has 0 saturated heterocycles. The molecule has 0 unspecified atom stereocenters. The Hall–Kier alpha value is -3.41. The molecule has 3 aromatic heterocycles. The van der Waals surface area contributed by atoms with Gasteiger partial charge < -0.3 is 15.0 Å². The fourth-order valence-corrected chi connectivity index (χ4v) is 3.82. The summed E-state index contributed by atoms with van der Waals surface area (Å²) in [7, 11) is 1.55. The van der Waals surface area contributed by atoms with Crippen LogP contribution in [-0.2, 0) is 0 Å². The third kappa shape index (κ3) is 3.41. The predicted octanol–water partition coefficient (Wildman–Crippen LogP) is 2.91. The van der Waals surface area contributed by atoms with Crippen molar-refractivity contribution < 1.29 is 4.74 Å². The van der Waals surface area contributed by atoms with Crippen LogP contribution in [0.4, 0.5) is 11.6 Å². The van der Waals surface area contributed by atoms with Crippen LogP contribution in [0.25, 0.3) is 11.2 Å². The quantitative estimate of drug-likeness (QED) is 0.699. The number of hydrogen-bond acceptors (Lipinski definition) is 7. The monoisotopic (exact) mass is 379 g/mol. The van der Waals surface area contributed by atoms with Crippen molar-refractivity contribution in [2.24, 2.45) is 5.92 Å². The minimum atomic E-state index is -0.177. The maximum absolute atomic E-state index is 12.6. The van der Waals surface area contributed by atoms with E-state index in [1.165, 1.54) is 0 Å². The van der Waals surface area contributed by atoms with Gasteiger partial charge in [-0.15, -0.1) is 0 Å². The Balaban J connectivity index is 1.64. The number of aromatic amines is 1. The average molecular weight is 379 g/mol. The molecule has 2 N–H and O–H groups in total. The summed E-state index contributed by atoms with van der Waals surface area (Å²) in [6, 6.07) is 5.93. The van der Waals surface area contributed by atoms with E-state index in [1.54, 1.807) is 30.1 Å². The largest absolute Gasteiger partial charge is 0.480 e. The number of H-pyrrole nitrogens is 1. The number of rotatable bonds is 5. The van der Waals surface area contributed by atoms with Gasteiger partial charge in [-0.25, -0.2) is 14.8 Å². The summed E-state index contributed by atoms with van der Waals surface area (Å²) in [5.41, 5.74) is 1.65. The zero-order chi connectivity index (χ0) is 19.5. The van der Waals surface area contributed by atoms with Gasteiger partial charge >= 0.3 is 5.69 Å². The summed E-state index contributed by atoms with van der Waals surface area (Å²) >= 11 is 0. The lowest BCUT2D eigenvalue weighted by Crippen LogP contribution is -2.26. The van der Waals surface area contributed by atoms with Crippen LogP contribution in [-0.4, -0.2) is 31.6 Å². The summed E-state index contributed by atoms with van der Waals surface area (Å²) in [6.07, 6.45) is 7.44. The molecule has 28 heavy (non-hydrogen) atoms. The van der Waals surface area contributed by atoms with Gasteiger partial charge in [-0.1, -0.05) is 0 Å². The third-order valence-corrected chi connectivity index (χ3v) is 5.23. The number of methoxy groups -OCH3 is 1. The summed E-state index contributed by atoms with van der Waals surface area (Å²) in [4.78, 5) is 28.4. The molecule has 144 valence electrons. The number of aromatic nitrogens is 5. The van der Waals surface area contributed by atoms with Gasteiger partial charge in [0.1, 0.15) is 11.2 Å². The number of nitrogens with one attached hydrogen (secondary N) is 2. The van der Waals surface area contributed by atoms with Crippen LogP contribution in [0.15, 0.2) is 29.3 Å². The first-order chi connectivity index (χ1) is 13.7. The number of nitrogens with zero attached hydrogens (tertiary/aromatic N) is 5. The van der Waals surface area contributed by atoms with E-state index in [-0.39, 0.29) is 11.7 Å². The van der Waals surface area contributed by atoms with Crippen LogP contribution in [0, 0.1) is 17.2 Å². The summed E-state index contributed by atoms with van der Waals surface area (Å²) in [5, 5.41) is 12.0. The van der Waals surface area contributed by atoms with E-state index in [0.29, 0.717) is 41.0 Å². The summed E-state index contributed by atoms with van der Waals surface area (Å²) in [6.45, 7) is 0. The second kappa shape index (κ2) is 7.68. The molecular formula is C19H21N7O2. The smallest absolute Gasteiger partial charge is 0.327 e. The molecule has 1 fully saturated rings. The molecule has 3 heterocycles. The number of imidazole rings is 1. The highest BCUT2D eigenvalue weighted by Gasteiger charge is 2.25. The molecule has 3 aromatic rings. The normalized spacial score (nSPS) is 19.3.